The summed E-state index contributed by atoms with van der Waals surface area (Å²) in [5.74, 6) is 0.495. The Hall–Kier alpha value is -1.77. The number of rotatable bonds is 5. The number of fused-ring (bicyclic) bond motifs is 1. The quantitative estimate of drug-likeness (QED) is 0.894. The van der Waals surface area contributed by atoms with Crippen LogP contribution in [-0.4, -0.2) is 12.5 Å². The molecular formula is C16H19NO2. The van der Waals surface area contributed by atoms with Gasteiger partial charge in [-0.2, -0.15) is 0 Å². The van der Waals surface area contributed by atoms with E-state index in [1.165, 1.54) is 16.5 Å². The maximum atomic E-state index is 11.6. The zero-order chi connectivity index (χ0) is 13.2. The molecule has 1 aromatic carbocycles. The molecule has 1 heterocycles. The van der Waals surface area contributed by atoms with Crippen LogP contribution in [0.15, 0.2) is 28.9 Å². The van der Waals surface area contributed by atoms with E-state index in [-0.39, 0.29) is 11.8 Å². The topological polar surface area (TPSA) is 42.2 Å². The Kier molecular flexibility index (Phi) is 3.28. The van der Waals surface area contributed by atoms with Gasteiger partial charge in [0.25, 0.3) is 0 Å². The third-order valence-corrected chi connectivity index (χ3v) is 3.77. The molecule has 0 saturated heterocycles. The second kappa shape index (κ2) is 5.08. The molecule has 3 rings (SSSR count). The minimum absolute atomic E-state index is 0.210. The van der Waals surface area contributed by atoms with E-state index in [1.807, 2.05) is 12.3 Å². The van der Waals surface area contributed by atoms with Gasteiger partial charge >= 0.3 is 0 Å². The molecule has 100 valence electrons. The summed E-state index contributed by atoms with van der Waals surface area (Å²) in [5.41, 5.74) is 3.43. The van der Waals surface area contributed by atoms with Gasteiger partial charge in [-0.25, -0.2) is 0 Å². The summed E-state index contributed by atoms with van der Waals surface area (Å²) >= 11 is 0. The highest BCUT2D eigenvalue weighted by atomic mass is 16.3. The summed E-state index contributed by atoms with van der Waals surface area (Å²) in [6, 6.07) is 6.32. The first-order valence-corrected chi connectivity index (χ1v) is 7.04. The Morgan fingerprint density at radius 3 is 3.00 bits per heavy atom. The molecule has 0 bridgehead atoms. The number of hydrogen-bond acceptors (Lipinski definition) is 2. The highest BCUT2D eigenvalue weighted by Crippen LogP contribution is 2.28. The normalized spacial score (nSPS) is 14.8. The zero-order valence-electron chi connectivity index (χ0n) is 11.2. The van der Waals surface area contributed by atoms with Crippen LogP contribution in [0.5, 0.6) is 0 Å². The summed E-state index contributed by atoms with van der Waals surface area (Å²) in [5, 5.41) is 4.18. The van der Waals surface area contributed by atoms with Crippen molar-refractivity contribution in [3.8, 4) is 0 Å². The van der Waals surface area contributed by atoms with E-state index in [0.29, 0.717) is 6.54 Å². The van der Waals surface area contributed by atoms with Gasteiger partial charge in [0.15, 0.2) is 0 Å². The fraction of sp³-hybridized carbons (Fsp3) is 0.438. The molecule has 1 aromatic heterocycles. The molecule has 3 nitrogen and oxygen atoms in total. The average molecular weight is 257 g/mol. The van der Waals surface area contributed by atoms with Crippen molar-refractivity contribution in [2.75, 3.05) is 6.54 Å². The van der Waals surface area contributed by atoms with Crippen molar-refractivity contribution in [2.45, 2.75) is 32.6 Å². The van der Waals surface area contributed by atoms with Crippen molar-refractivity contribution in [1.29, 1.82) is 0 Å². The van der Waals surface area contributed by atoms with Crippen molar-refractivity contribution in [3.63, 3.8) is 0 Å². The molecule has 1 fully saturated rings. The Morgan fingerprint density at radius 1 is 1.42 bits per heavy atom. The summed E-state index contributed by atoms with van der Waals surface area (Å²) < 4.78 is 5.55. The second-order valence-electron chi connectivity index (χ2n) is 5.26. The number of carbonyl (C=O) groups excluding carboxylic acids is 1. The number of furan rings is 1. The first kappa shape index (κ1) is 12.3. The largest absolute Gasteiger partial charge is 0.464 e. The number of aryl methyl sites for hydroxylation is 1. The molecule has 0 atom stereocenters. The number of nitrogens with one attached hydrogen (secondary N) is 1. The number of carbonyl (C=O) groups is 1. The van der Waals surface area contributed by atoms with Gasteiger partial charge in [-0.15, -0.1) is 0 Å². The molecular weight excluding hydrogens is 238 g/mol. The predicted molar refractivity (Wildman–Crippen MR) is 75.0 cm³/mol. The third kappa shape index (κ3) is 2.65. The molecule has 19 heavy (non-hydrogen) atoms. The number of hydrogen-bond donors (Lipinski definition) is 1. The van der Waals surface area contributed by atoms with E-state index in [4.69, 9.17) is 4.42 Å². The van der Waals surface area contributed by atoms with Crippen LogP contribution in [0.1, 0.15) is 30.9 Å². The minimum atomic E-state index is 0.210. The third-order valence-electron chi connectivity index (χ3n) is 3.77. The van der Waals surface area contributed by atoms with Gasteiger partial charge < -0.3 is 9.73 Å². The van der Waals surface area contributed by atoms with Crippen LogP contribution in [0.4, 0.5) is 0 Å². The van der Waals surface area contributed by atoms with Crippen LogP contribution >= 0.6 is 0 Å². The Balaban J connectivity index is 1.67. The monoisotopic (exact) mass is 257 g/mol. The molecule has 3 heteroatoms. The van der Waals surface area contributed by atoms with Crippen LogP contribution in [0.3, 0.4) is 0 Å². The fourth-order valence-corrected chi connectivity index (χ4v) is 2.35. The van der Waals surface area contributed by atoms with Gasteiger partial charge in [0.1, 0.15) is 5.58 Å². The molecule has 2 aromatic rings. The van der Waals surface area contributed by atoms with Gasteiger partial charge in [-0.1, -0.05) is 13.0 Å². The standard InChI is InChI=1S/C16H19NO2/c1-2-11-3-6-15-14(9-11)13(10-19-15)7-8-17-16(18)12-4-5-12/h3,6,9-10,12H,2,4-5,7-8H2,1H3,(H,17,18). The van der Waals surface area contributed by atoms with Gasteiger partial charge in [0.2, 0.25) is 5.91 Å². The fourth-order valence-electron chi connectivity index (χ4n) is 2.35. The molecule has 1 aliphatic rings. The van der Waals surface area contributed by atoms with Crippen LogP contribution in [0, 0.1) is 5.92 Å². The lowest BCUT2D eigenvalue weighted by molar-refractivity contribution is -0.122. The lowest BCUT2D eigenvalue weighted by Crippen LogP contribution is -2.26. The van der Waals surface area contributed by atoms with E-state index < -0.39 is 0 Å². The minimum Gasteiger partial charge on any atom is -0.464 e. The maximum Gasteiger partial charge on any atom is 0.223 e. The Bertz CT molecular complexity index is 596. The van der Waals surface area contributed by atoms with Crippen LogP contribution in [0.2, 0.25) is 0 Å². The van der Waals surface area contributed by atoms with Crippen LogP contribution < -0.4 is 5.32 Å². The number of amides is 1. The first-order chi connectivity index (χ1) is 9.28. The van der Waals surface area contributed by atoms with E-state index in [9.17, 15) is 4.79 Å². The molecule has 1 N–H and O–H groups in total. The summed E-state index contributed by atoms with van der Waals surface area (Å²) in [4.78, 5) is 11.6. The number of benzene rings is 1. The predicted octanol–water partition coefficient (Wildman–Crippen LogP) is 3.06. The Morgan fingerprint density at radius 2 is 2.26 bits per heavy atom. The van der Waals surface area contributed by atoms with Crippen LogP contribution in [0.25, 0.3) is 11.0 Å². The zero-order valence-corrected chi connectivity index (χ0v) is 11.2. The van der Waals surface area contributed by atoms with Gasteiger partial charge in [0.05, 0.1) is 6.26 Å². The van der Waals surface area contributed by atoms with Crippen molar-refractivity contribution in [3.05, 3.63) is 35.6 Å². The molecule has 0 spiro atoms. The van der Waals surface area contributed by atoms with Crippen molar-refractivity contribution in [2.24, 2.45) is 5.92 Å². The van der Waals surface area contributed by atoms with Crippen molar-refractivity contribution >= 4 is 16.9 Å². The summed E-state index contributed by atoms with van der Waals surface area (Å²) in [6.07, 6.45) is 5.78. The molecule has 1 aliphatic carbocycles. The average Bonchev–Trinajstić information content (AvgIpc) is 3.21. The van der Waals surface area contributed by atoms with Crippen molar-refractivity contribution in [1.82, 2.24) is 5.32 Å². The summed E-state index contributed by atoms with van der Waals surface area (Å²) in [7, 11) is 0. The summed E-state index contributed by atoms with van der Waals surface area (Å²) in [6.45, 7) is 2.84. The molecule has 1 saturated carbocycles. The van der Waals surface area contributed by atoms with Gasteiger partial charge in [-0.3, -0.25) is 4.79 Å². The molecule has 0 aliphatic heterocycles. The van der Waals surface area contributed by atoms with Crippen LogP contribution in [-0.2, 0) is 17.6 Å². The first-order valence-electron chi connectivity index (χ1n) is 7.04. The lowest BCUT2D eigenvalue weighted by atomic mass is 10.1. The second-order valence-corrected chi connectivity index (χ2v) is 5.26. The SMILES string of the molecule is CCc1ccc2occ(CCNC(=O)C3CC3)c2c1. The van der Waals surface area contributed by atoms with E-state index >= 15 is 0 Å². The van der Waals surface area contributed by atoms with E-state index in [0.717, 1.165) is 31.3 Å². The highest BCUT2D eigenvalue weighted by Gasteiger charge is 2.29. The molecule has 1 amide bonds. The smallest absolute Gasteiger partial charge is 0.223 e. The highest BCUT2D eigenvalue weighted by molar-refractivity contribution is 5.82. The molecule has 0 unspecified atom stereocenters. The van der Waals surface area contributed by atoms with Crippen molar-refractivity contribution < 1.29 is 9.21 Å². The van der Waals surface area contributed by atoms with Gasteiger partial charge in [0, 0.05) is 17.8 Å². The van der Waals surface area contributed by atoms with E-state index in [2.05, 4.69) is 24.4 Å². The maximum absolute atomic E-state index is 11.6. The molecule has 0 radical (unpaired) electrons. The Labute approximate surface area is 113 Å². The van der Waals surface area contributed by atoms with E-state index in [1.54, 1.807) is 0 Å². The van der Waals surface area contributed by atoms with Gasteiger partial charge in [-0.05, 0) is 48.9 Å². The lowest BCUT2D eigenvalue weighted by Gasteiger charge is -2.03.